The zero-order chi connectivity index (χ0) is 13.1. The van der Waals surface area contributed by atoms with Crippen LogP contribution in [0.2, 0.25) is 0 Å². The van der Waals surface area contributed by atoms with Crippen LogP contribution in [0.3, 0.4) is 0 Å². The van der Waals surface area contributed by atoms with Gasteiger partial charge in [-0.3, -0.25) is 9.59 Å². The number of halogens is 1. The van der Waals surface area contributed by atoms with E-state index in [1.807, 2.05) is 11.8 Å². The summed E-state index contributed by atoms with van der Waals surface area (Å²) in [5.41, 5.74) is 0.254. The van der Waals surface area contributed by atoms with Crippen LogP contribution in [0.5, 0.6) is 0 Å². The standard InChI is InChI=1S/C12H15BrN2O2S/c1-18-9-3-2-8(5-9)15-11(16)7-4-10(13)12(17)14-6-7/h4,6,8-9H,2-3,5H2,1H3,(H,14,17)(H,15,16)/t8-,9-/m1/s1. The number of nitrogens with one attached hydrogen (secondary N) is 2. The number of H-pyrrole nitrogens is 1. The number of aromatic amines is 1. The molecular formula is C12H15BrN2O2S. The Hall–Kier alpha value is -0.750. The average Bonchev–Trinajstić information content (AvgIpc) is 2.80. The highest BCUT2D eigenvalue weighted by Crippen LogP contribution is 2.28. The molecule has 1 aromatic rings. The molecule has 1 heterocycles. The number of carbonyl (C=O) groups is 1. The number of amides is 1. The van der Waals surface area contributed by atoms with Gasteiger partial charge in [-0.25, -0.2) is 0 Å². The third kappa shape index (κ3) is 3.17. The van der Waals surface area contributed by atoms with Gasteiger partial charge in [-0.1, -0.05) is 0 Å². The quantitative estimate of drug-likeness (QED) is 0.892. The Balaban J connectivity index is 2.00. The van der Waals surface area contributed by atoms with Gasteiger partial charge in [0.1, 0.15) is 0 Å². The first-order chi connectivity index (χ1) is 8.60. The molecule has 1 amide bonds. The monoisotopic (exact) mass is 330 g/mol. The van der Waals surface area contributed by atoms with Crippen molar-refractivity contribution in [2.75, 3.05) is 6.26 Å². The average molecular weight is 331 g/mol. The molecule has 2 rings (SSSR count). The van der Waals surface area contributed by atoms with Crippen LogP contribution in [0.4, 0.5) is 0 Å². The zero-order valence-corrected chi connectivity index (χ0v) is 12.4. The van der Waals surface area contributed by atoms with Crippen molar-refractivity contribution in [2.24, 2.45) is 0 Å². The van der Waals surface area contributed by atoms with E-state index in [1.165, 1.54) is 6.20 Å². The molecule has 1 aromatic heterocycles. The van der Waals surface area contributed by atoms with E-state index in [4.69, 9.17) is 0 Å². The number of aromatic nitrogens is 1. The fourth-order valence-electron chi connectivity index (χ4n) is 2.14. The van der Waals surface area contributed by atoms with Gasteiger partial charge in [0.25, 0.3) is 11.5 Å². The number of hydrogen-bond donors (Lipinski definition) is 2. The summed E-state index contributed by atoms with van der Waals surface area (Å²) < 4.78 is 0.378. The highest BCUT2D eigenvalue weighted by atomic mass is 79.9. The molecule has 2 atom stereocenters. The molecule has 0 spiro atoms. The molecule has 0 unspecified atom stereocenters. The third-order valence-corrected chi connectivity index (χ3v) is 4.86. The molecule has 4 nitrogen and oxygen atoms in total. The van der Waals surface area contributed by atoms with Gasteiger partial charge in [0.2, 0.25) is 0 Å². The molecule has 0 saturated heterocycles. The molecule has 0 radical (unpaired) electrons. The summed E-state index contributed by atoms with van der Waals surface area (Å²) in [7, 11) is 0. The van der Waals surface area contributed by atoms with Crippen molar-refractivity contribution in [1.29, 1.82) is 0 Å². The predicted molar refractivity (Wildman–Crippen MR) is 77.2 cm³/mol. The summed E-state index contributed by atoms with van der Waals surface area (Å²) in [5, 5.41) is 3.66. The summed E-state index contributed by atoms with van der Waals surface area (Å²) in [6.45, 7) is 0. The van der Waals surface area contributed by atoms with Gasteiger partial charge in [-0.05, 0) is 47.5 Å². The normalized spacial score (nSPS) is 23.0. The molecule has 1 fully saturated rings. The Kier molecular flexibility index (Phi) is 4.50. The van der Waals surface area contributed by atoms with E-state index < -0.39 is 0 Å². The maximum atomic E-state index is 12.0. The van der Waals surface area contributed by atoms with Gasteiger partial charge >= 0.3 is 0 Å². The van der Waals surface area contributed by atoms with Crippen molar-refractivity contribution < 1.29 is 4.79 Å². The van der Waals surface area contributed by atoms with E-state index in [0.29, 0.717) is 15.3 Å². The summed E-state index contributed by atoms with van der Waals surface area (Å²) in [5.74, 6) is -0.126. The first-order valence-electron chi connectivity index (χ1n) is 5.82. The minimum atomic E-state index is -0.227. The third-order valence-electron chi connectivity index (χ3n) is 3.17. The van der Waals surface area contributed by atoms with Crippen LogP contribution >= 0.6 is 27.7 Å². The fourth-order valence-corrected chi connectivity index (χ4v) is 3.30. The maximum absolute atomic E-state index is 12.0. The topological polar surface area (TPSA) is 62.0 Å². The van der Waals surface area contributed by atoms with E-state index >= 15 is 0 Å². The number of thioether (sulfide) groups is 1. The van der Waals surface area contributed by atoms with Gasteiger partial charge in [0, 0.05) is 17.5 Å². The Morgan fingerprint density at radius 2 is 2.33 bits per heavy atom. The lowest BCUT2D eigenvalue weighted by Gasteiger charge is -2.12. The molecular weight excluding hydrogens is 316 g/mol. The lowest BCUT2D eigenvalue weighted by atomic mass is 10.2. The van der Waals surface area contributed by atoms with Crippen molar-refractivity contribution in [2.45, 2.75) is 30.6 Å². The number of pyridine rings is 1. The smallest absolute Gasteiger partial charge is 0.262 e. The molecule has 1 saturated carbocycles. The first-order valence-corrected chi connectivity index (χ1v) is 7.90. The number of carbonyl (C=O) groups excluding carboxylic acids is 1. The van der Waals surface area contributed by atoms with Gasteiger partial charge in [0.15, 0.2) is 0 Å². The Morgan fingerprint density at radius 3 is 2.94 bits per heavy atom. The van der Waals surface area contributed by atoms with Crippen LogP contribution in [0.15, 0.2) is 21.5 Å². The van der Waals surface area contributed by atoms with E-state index in [-0.39, 0.29) is 17.5 Å². The maximum Gasteiger partial charge on any atom is 0.262 e. The molecule has 6 heteroatoms. The van der Waals surface area contributed by atoms with Crippen molar-refractivity contribution in [3.63, 3.8) is 0 Å². The molecule has 0 aromatic carbocycles. The number of hydrogen-bond acceptors (Lipinski definition) is 3. The lowest BCUT2D eigenvalue weighted by molar-refractivity contribution is 0.0937. The second-order valence-electron chi connectivity index (χ2n) is 4.41. The zero-order valence-electron chi connectivity index (χ0n) is 10.0. The largest absolute Gasteiger partial charge is 0.349 e. The minimum absolute atomic E-state index is 0.126. The van der Waals surface area contributed by atoms with Crippen LogP contribution in [-0.4, -0.2) is 28.4 Å². The Morgan fingerprint density at radius 1 is 1.56 bits per heavy atom. The lowest BCUT2D eigenvalue weighted by Crippen LogP contribution is -2.33. The Bertz CT molecular complexity index is 503. The van der Waals surface area contributed by atoms with E-state index in [0.717, 1.165) is 19.3 Å². The Labute approximate surface area is 118 Å². The van der Waals surface area contributed by atoms with E-state index in [2.05, 4.69) is 32.5 Å². The molecule has 0 bridgehead atoms. The van der Waals surface area contributed by atoms with Crippen LogP contribution in [0.1, 0.15) is 29.6 Å². The predicted octanol–water partition coefficient (Wildman–Crippen LogP) is 2.15. The molecule has 1 aliphatic rings. The first kappa shape index (κ1) is 13.7. The number of rotatable bonds is 3. The van der Waals surface area contributed by atoms with Crippen LogP contribution in [0, 0.1) is 0 Å². The van der Waals surface area contributed by atoms with Crippen molar-refractivity contribution >= 4 is 33.6 Å². The van der Waals surface area contributed by atoms with Gasteiger partial charge in [-0.2, -0.15) is 11.8 Å². The molecule has 2 N–H and O–H groups in total. The van der Waals surface area contributed by atoms with Gasteiger partial charge < -0.3 is 10.3 Å². The highest BCUT2D eigenvalue weighted by molar-refractivity contribution is 9.10. The van der Waals surface area contributed by atoms with Crippen molar-refractivity contribution in [1.82, 2.24) is 10.3 Å². The van der Waals surface area contributed by atoms with Gasteiger partial charge in [0.05, 0.1) is 10.0 Å². The summed E-state index contributed by atoms with van der Waals surface area (Å²) in [6.07, 6.45) is 6.76. The van der Waals surface area contributed by atoms with Crippen LogP contribution < -0.4 is 10.9 Å². The molecule has 0 aliphatic heterocycles. The molecule has 1 aliphatic carbocycles. The molecule has 98 valence electrons. The van der Waals surface area contributed by atoms with Crippen LogP contribution in [0.25, 0.3) is 0 Å². The second kappa shape index (κ2) is 5.93. The van der Waals surface area contributed by atoms with E-state index in [1.54, 1.807) is 6.07 Å². The fraction of sp³-hybridized carbons (Fsp3) is 0.500. The molecule has 18 heavy (non-hydrogen) atoms. The highest BCUT2D eigenvalue weighted by Gasteiger charge is 2.25. The summed E-state index contributed by atoms with van der Waals surface area (Å²) in [6, 6.07) is 1.80. The van der Waals surface area contributed by atoms with Crippen LogP contribution in [-0.2, 0) is 0 Å². The van der Waals surface area contributed by atoms with Gasteiger partial charge in [-0.15, -0.1) is 0 Å². The minimum Gasteiger partial charge on any atom is -0.349 e. The van der Waals surface area contributed by atoms with Crippen molar-refractivity contribution in [3.05, 3.63) is 32.7 Å². The van der Waals surface area contributed by atoms with Crippen molar-refractivity contribution in [3.8, 4) is 0 Å². The summed E-state index contributed by atoms with van der Waals surface area (Å²) in [4.78, 5) is 25.7. The second-order valence-corrected chi connectivity index (χ2v) is 6.40. The summed E-state index contributed by atoms with van der Waals surface area (Å²) >= 11 is 4.98. The van der Waals surface area contributed by atoms with E-state index in [9.17, 15) is 9.59 Å². The SMILES string of the molecule is CS[C@@H]1CC[C@@H](NC(=O)c2c[nH]c(=O)c(Br)c2)C1.